The molecule has 116 valence electrons. The fourth-order valence-electron chi connectivity index (χ4n) is 2.76. The molecule has 0 aliphatic carbocycles. The Kier molecular flexibility index (Phi) is 3.34. The van der Waals surface area contributed by atoms with Crippen molar-refractivity contribution in [1.29, 1.82) is 0 Å². The van der Waals surface area contributed by atoms with E-state index in [1.165, 1.54) is 16.4 Å². The zero-order chi connectivity index (χ0) is 16.1. The predicted molar refractivity (Wildman–Crippen MR) is 78.0 cm³/mol. The van der Waals surface area contributed by atoms with Crippen LogP contribution in [0.4, 0.5) is 0 Å². The average Bonchev–Trinajstić information content (AvgIpc) is 3.01. The highest BCUT2D eigenvalue weighted by Crippen LogP contribution is 2.32. The van der Waals surface area contributed by atoms with Crippen LogP contribution in [-0.2, 0) is 23.1 Å². The Hall–Kier alpha value is -2.12. The summed E-state index contributed by atoms with van der Waals surface area (Å²) in [7, 11) is -3.71. The Balaban J connectivity index is 2.01. The van der Waals surface area contributed by atoms with Crippen LogP contribution in [0.5, 0.6) is 0 Å². The minimum atomic E-state index is -3.71. The summed E-state index contributed by atoms with van der Waals surface area (Å²) in [6.07, 6.45) is 0. The second-order valence-electron chi connectivity index (χ2n) is 5.30. The molecule has 3 rings (SSSR count). The normalized spacial score (nSPS) is 15.0. The van der Waals surface area contributed by atoms with Crippen molar-refractivity contribution >= 4 is 16.0 Å². The van der Waals surface area contributed by atoms with Crippen LogP contribution in [-0.4, -0.2) is 23.8 Å². The first-order valence-electron chi connectivity index (χ1n) is 6.72. The number of nitrogens with zero attached hydrogens (tertiary/aromatic N) is 1. The number of hydrogen-bond acceptors (Lipinski definition) is 4. The molecule has 1 aromatic carbocycles. The standard InChI is InChI=1S/C15H15NO5S/c1-9-6-14(10(2)21-9)22(19,20)16-7-11-4-3-5-12(15(17)18)13(11)8-16/h3-6H,7-8H2,1-2H3,(H,17,18). The van der Waals surface area contributed by atoms with E-state index in [0.29, 0.717) is 17.1 Å². The van der Waals surface area contributed by atoms with Gasteiger partial charge in [-0.05, 0) is 37.1 Å². The fraction of sp³-hybridized carbons (Fsp3) is 0.267. The smallest absolute Gasteiger partial charge is 0.336 e. The van der Waals surface area contributed by atoms with Crippen molar-refractivity contribution < 1.29 is 22.7 Å². The molecule has 7 heteroatoms. The third-order valence-electron chi connectivity index (χ3n) is 3.80. The van der Waals surface area contributed by atoms with Crippen LogP contribution in [0, 0.1) is 13.8 Å². The molecular weight excluding hydrogens is 306 g/mol. The zero-order valence-electron chi connectivity index (χ0n) is 12.2. The van der Waals surface area contributed by atoms with Crippen molar-refractivity contribution in [1.82, 2.24) is 4.31 Å². The summed E-state index contributed by atoms with van der Waals surface area (Å²) in [4.78, 5) is 11.4. The highest BCUT2D eigenvalue weighted by molar-refractivity contribution is 7.89. The maximum atomic E-state index is 12.7. The first-order valence-corrected chi connectivity index (χ1v) is 8.16. The SMILES string of the molecule is Cc1cc(S(=O)(=O)N2Cc3cccc(C(=O)O)c3C2)c(C)o1. The number of rotatable bonds is 3. The molecule has 0 unspecified atom stereocenters. The van der Waals surface area contributed by atoms with Crippen LogP contribution in [0.1, 0.15) is 33.0 Å². The zero-order valence-corrected chi connectivity index (χ0v) is 13.0. The van der Waals surface area contributed by atoms with E-state index < -0.39 is 16.0 Å². The van der Waals surface area contributed by atoms with Gasteiger partial charge in [-0.25, -0.2) is 13.2 Å². The first-order chi connectivity index (χ1) is 10.3. The van der Waals surface area contributed by atoms with E-state index in [1.54, 1.807) is 26.0 Å². The number of aryl methyl sites for hydroxylation is 2. The second-order valence-corrected chi connectivity index (χ2v) is 7.21. The second kappa shape index (κ2) is 4.96. The summed E-state index contributed by atoms with van der Waals surface area (Å²) in [5, 5.41) is 9.22. The molecule has 0 saturated heterocycles. The molecule has 1 aliphatic rings. The number of benzene rings is 1. The molecule has 0 amide bonds. The summed E-state index contributed by atoms with van der Waals surface area (Å²) in [5.41, 5.74) is 1.42. The quantitative estimate of drug-likeness (QED) is 0.937. The number of carboxylic acids is 1. The molecule has 2 heterocycles. The molecule has 1 N–H and O–H groups in total. The summed E-state index contributed by atoms with van der Waals surface area (Å²) in [6.45, 7) is 3.52. The van der Waals surface area contributed by atoms with Gasteiger partial charge < -0.3 is 9.52 Å². The first kappa shape index (κ1) is 14.8. The fourth-order valence-corrected chi connectivity index (χ4v) is 4.37. The van der Waals surface area contributed by atoms with Gasteiger partial charge in [0.2, 0.25) is 10.0 Å². The van der Waals surface area contributed by atoms with Gasteiger partial charge in [-0.1, -0.05) is 12.1 Å². The summed E-state index contributed by atoms with van der Waals surface area (Å²) in [5.74, 6) is -0.183. The van der Waals surface area contributed by atoms with Gasteiger partial charge in [0, 0.05) is 13.1 Å². The Morgan fingerprint density at radius 2 is 2.00 bits per heavy atom. The molecule has 0 bridgehead atoms. The molecule has 2 aromatic rings. The van der Waals surface area contributed by atoms with Gasteiger partial charge in [0.15, 0.2) is 0 Å². The van der Waals surface area contributed by atoms with Gasteiger partial charge >= 0.3 is 5.97 Å². The number of aromatic carboxylic acids is 1. The van der Waals surface area contributed by atoms with Gasteiger partial charge in [-0.15, -0.1) is 0 Å². The lowest BCUT2D eigenvalue weighted by atomic mass is 10.0. The number of furan rings is 1. The highest BCUT2D eigenvalue weighted by atomic mass is 32.2. The molecule has 0 saturated carbocycles. The predicted octanol–water partition coefficient (Wildman–Crippen LogP) is 2.30. The summed E-state index contributed by atoms with van der Waals surface area (Å²) >= 11 is 0. The number of hydrogen-bond donors (Lipinski definition) is 1. The van der Waals surface area contributed by atoms with Crippen molar-refractivity contribution in [3.8, 4) is 0 Å². The van der Waals surface area contributed by atoms with Crippen molar-refractivity contribution in [3.63, 3.8) is 0 Å². The molecule has 1 aromatic heterocycles. The van der Waals surface area contributed by atoms with Gasteiger partial charge in [-0.2, -0.15) is 4.31 Å². The van der Waals surface area contributed by atoms with Crippen LogP contribution in [0.2, 0.25) is 0 Å². The van der Waals surface area contributed by atoms with Gasteiger partial charge in [0.05, 0.1) is 5.56 Å². The lowest BCUT2D eigenvalue weighted by Gasteiger charge is -2.14. The van der Waals surface area contributed by atoms with Crippen LogP contribution in [0.3, 0.4) is 0 Å². The summed E-state index contributed by atoms with van der Waals surface area (Å²) < 4.78 is 32.1. The topological polar surface area (TPSA) is 87.8 Å². The Labute approximate surface area is 128 Å². The molecule has 22 heavy (non-hydrogen) atoms. The third-order valence-corrected chi connectivity index (χ3v) is 5.70. The minimum Gasteiger partial charge on any atom is -0.478 e. The van der Waals surface area contributed by atoms with E-state index in [4.69, 9.17) is 4.42 Å². The number of sulfonamides is 1. The molecule has 1 aliphatic heterocycles. The minimum absolute atomic E-state index is 0.0593. The average molecular weight is 321 g/mol. The molecule has 0 radical (unpaired) electrons. The van der Waals surface area contributed by atoms with E-state index >= 15 is 0 Å². The maximum Gasteiger partial charge on any atom is 0.336 e. The van der Waals surface area contributed by atoms with Gasteiger partial charge in [-0.3, -0.25) is 0 Å². The third kappa shape index (κ3) is 2.22. The van der Waals surface area contributed by atoms with Crippen molar-refractivity contribution in [2.75, 3.05) is 0 Å². The van der Waals surface area contributed by atoms with Crippen LogP contribution in [0.15, 0.2) is 33.6 Å². The van der Waals surface area contributed by atoms with E-state index in [1.807, 2.05) is 0 Å². The molecule has 0 atom stereocenters. The Bertz CT molecular complexity index is 866. The number of carboxylic acid groups (broad SMARTS) is 1. The molecule has 0 fully saturated rings. The van der Waals surface area contributed by atoms with E-state index in [2.05, 4.69) is 0 Å². The molecular formula is C15H15NO5S. The van der Waals surface area contributed by atoms with Crippen LogP contribution in [0.25, 0.3) is 0 Å². The van der Waals surface area contributed by atoms with Crippen molar-refractivity contribution in [2.24, 2.45) is 0 Å². The summed E-state index contributed by atoms with van der Waals surface area (Å²) in [6, 6.07) is 6.37. The van der Waals surface area contributed by atoms with E-state index in [9.17, 15) is 18.3 Å². The van der Waals surface area contributed by atoms with Crippen molar-refractivity contribution in [3.05, 3.63) is 52.5 Å². The Morgan fingerprint density at radius 1 is 1.27 bits per heavy atom. The lowest BCUT2D eigenvalue weighted by molar-refractivity contribution is 0.0695. The van der Waals surface area contributed by atoms with Crippen LogP contribution < -0.4 is 0 Å². The number of carbonyl (C=O) groups is 1. The van der Waals surface area contributed by atoms with Gasteiger partial charge in [0.25, 0.3) is 0 Å². The van der Waals surface area contributed by atoms with E-state index in [0.717, 1.165) is 5.56 Å². The molecule has 0 spiro atoms. The highest BCUT2D eigenvalue weighted by Gasteiger charge is 2.34. The molecule has 6 nitrogen and oxygen atoms in total. The van der Waals surface area contributed by atoms with E-state index in [-0.39, 0.29) is 23.5 Å². The Morgan fingerprint density at radius 3 is 2.59 bits per heavy atom. The largest absolute Gasteiger partial charge is 0.478 e. The number of fused-ring (bicyclic) bond motifs is 1. The maximum absolute atomic E-state index is 12.7. The van der Waals surface area contributed by atoms with Crippen LogP contribution >= 0.6 is 0 Å². The van der Waals surface area contributed by atoms with Crippen molar-refractivity contribution in [2.45, 2.75) is 31.8 Å². The van der Waals surface area contributed by atoms with Gasteiger partial charge in [0.1, 0.15) is 16.4 Å². The lowest BCUT2D eigenvalue weighted by Crippen LogP contribution is -2.26. The monoisotopic (exact) mass is 321 g/mol.